The lowest BCUT2D eigenvalue weighted by Gasteiger charge is -2.35. The van der Waals surface area contributed by atoms with Gasteiger partial charge in [-0.25, -0.2) is 0 Å². The smallest absolute Gasteiger partial charge is 0.0725 e. The van der Waals surface area contributed by atoms with Gasteiger partial charge in [0.25, 0.3) is 0 Å². The van der Waals surface area contributed by atoms with Gasteiger partial charge in [0.15, 0.2) is 0 Å². The molecule has 0 radical (unpaired) electrons. The molecule has 2 heterocycles. The summed E-state index contributed by atoms with van der Waals surface area (Å²) in [5.74, 6) is 0. The first-order valence-corrected chi connectivity index (χ1v) is 9.33. The molecule has 2 aromatic carbocycles. The first kappa shape index (κ1) is 16.5. The van der Waals surface area contributed by atoms with E-state index < -0.39 is 0 Å². The van der Waals surface area contributed by atoms with Gasteiger partial charge in [0.05, 0.1) is 11.8 Å². The molecule has 130 valence electrons. The van der Waals surface area contributed by atoms with Crippen molar-refractivity contribution in [3.63, 3.8) is 0 Å². The standard InChI is InChI=1S/C22H27N3/c1-17-8-9-19-15-20(16-25-12-10-24(2)11-13-25)23-22(21(19)14-17)18-6-4-3-5-7-18/h3-9,14,20H,10-13,15-16H2,1-2H3. The second-order valence-electron chi connectivity index (χ2n) is 7.47. The third-order valence-corrected chi connectivity index (χ3v) is 5.40. The van der Waals surface area contributed by atoms with Crippen LogP contribution < -0.4 is 0 Å². The number of piperazine rings is 1. The number of fused-ring (bicyclic) bond motifs is 1. The van der Waals surface area contributed by atoms with Crippen molar-refractivity contribution in [1.82, 2.24) is 9.80 Å². The van der Waals surface area contributed by atoms with Crippen LogP contribution in [0.4, 0.5) is 0 Å². The first-order chi connectivity index (χ1) is 12.2. The minimum atomic E-state index is 0.355. The molecule has 2 aliphatic rings. The molecule has 3 heteroatoms. The molecular weight excluding hydrogens is 306 g/mol. The molecule has 1 saturated heterocycles. The van der Waals surface area contributed by atoms with E-state index in [1.165, 1.54) is 28.0 Å². The molecule has 4 rings (SSSR count). The molecule has 25 heavy (non-hydrogen) atoms. The Morgan fingerprint density at radius 2 is 1.76 bits per heavy atom. The quantitative estimate of drug-likeness (QED) is 0.860. The van der Waals surface area contributed by atoms with Crippen LogP contribution in [0.3, 0.4) is 0 Å². The van der Waals surface area contributed by atoms with Crippen LogP contribution in [0.5, 0.6) is 0 Å². The summed E-state index contributed by atoms with van der Waals surface area (Å²) in [6.45, 7) is 7.88. The number of aryl methyl sites for hydroxylation is 1. The van der Waals surface area contributed by atoms with Crippen LogP contribution in [-0.4, -0.2) is 61.3 Å². The van der Waals surface area contributed by atoms with Crippen molar-refractivity contribution in [1.29, 1.82) is 0 Å². The highest BCUT2D eigenvalue weighted by Gasteiger charge is 2.25. The molecule has 2 aliphatic heterocycles. The molecule has 3 nitrogen and oxygen atoms in total. The molecule has 1 unspecified atom stereocenters. The van der Waals surface area contributed by atoms with E-state index in [1.54, 1.807) is 0 Å². The fourth-order valence-electron chi connectivity index (χ4n) is 3.90. The second kappa shape index (κ2) is 7.11. The van der Waals surface area contributed by atoms with Crippen LogP contribution in [0.2, 0.25) is 0 Å². The zero-order chi connectivity index (χ0) is 17.2. The van der Waals surface area contributed by atoms with Gasteiger partial charge in [0, 0.05) is 43.9 Å². The summed E-state index contributed by atoms with van der Waals surface area (Å²) in [7, 11) is 2.21. The second-order valence-corrected chi connectivity index (χ2v) is 7.47. The van der Waals surface area contributed by atoms with Crippen molar-refractivity contribution in [2.45, 2.75) is 19.4 Å². The molecule has 0 aromatic heterocycles. The summed E-state index contributed by atoms with van der Waals surface area (Å²) >= 11 is 0. The number of hydrogen-bond donors (Lipinski definition) is 0. The van der Waals surface area contributed by atoms with E-state index in [-0.39, 0.29) is 0 Å². The Labute approximate surface area is 151 Å². The van der Waals surface area contributed by atoms with E-state index in [4.69, 9.17) is 4.99 Å². The summed E-state index contributed by atoms with van der Waals surface area (Å²) in [4.78, 5) is 10.2. The van der Waals surface area contributed by atoms with Crippen LogP contribution in [0.1, 0.15) is 22.3 Å². The molecule has 0 aliphatic carbocycles. The van der Waals surface area contributed by atoms with Crippen molar-refractivity contribution in [3.05, 3.63) is 70.8 Å². The van der Waals surface area contributed by atoms with Crippen LogP contribution in [0.25, 0.3) is 0 Å². The highest BCUT2D eigenvalue weighted by Crippen LogP contribution is 2.25. The van der Waals surface area contributed by atoms with Gasteiger partial charge in [-0.2, -0.15) is 0 Å². The van der Waals surface area contributed by atoms with Crippen molar-refractivity contribution in [2.75, 3.05) is 39.8 Å². The number of benzene rings is 2. The summed E-state index contributed by atoms with van der Waals surface area (Å²) in [6, 6.07) is 17.9. The lowest BCUT2D eigenvalue weighted by atomic mass is 9.89. The summed E-state index contributed by atoms with van der Waals surface area (Å²) in [5.41, 5.74) is 6.47. The van der Waals surface area contributed by atoms with E-state index in [2.05, 4.69) is 72.3 Å². The van der Waals surface area contributed by atoms with Gasteiger partial charge in [-0.15, -0.1) is 0 Å². The molecular formula is C22H27N3. The lowest BCUT2D eigenvalue weighted by Crippen LogP contribution is -2.47. The molecule has 2 aromatic rings. The molecule has 0 N–H and O–H groups in total. The predicted octanol–water partition coefficient (Wildman–Crippen LogP) is 3.00. The maximum atomic E-state index is 5.21. The third kappa shape index (κ3) is 3.68. The number of nitrogens with zero attached hydrogens (tertiary/aromatic N) is 3. The Hall–Kier alpha value is -1.97. The van der Waals surface area contributed by atoms with Crippen LogP contribution in [0, 0.1) is 6.92 Å². The maximum absolute atomic E-state index is 5.21. The van der Waals surface area contributed by atoms with E-state index in [9.17, 15) is 0 Å². The monoisotopic (exact) mass is 333 g/mol. The van der Waals surface area contributed by atoms with E-state index in [1.807, 2.05) is 0 Å². The van der Waals surface area contributed by atoms with Gasteiger partial charge in [0.2, 0.25) is 0 Å². The average Bonchev–Trinajstić information content (AvgIpc) is 2.64. The van der Waals surface area contributed by atoms with Crippen LogP contribution in [-0.2, 0) is 6.42 Å². The number of aliphatic imine (C=N–C) groups is 1. The number of rotatable bonds is 3. The van der Waals surface area contributed by atoms with Gasteiger partial charge in [-0.1, -0.05) is 48.0 Å². The summed E-state index contributed by atoms with van der Waals surface area (Å²) < 4.78 is 0. The van der Waals surface area contributed by atoms with E-state index in [0.717, 1.165) is 39.1 Å². The first-order valence-electron chi connectivity index (χ1n) is 9.33. The zero-order valence-electron chi connectivity index (χ0n) is 15.3. The Morgan fingerprint density at radius 1 is 1.00 bits per heavy atom. The van der Waals surface area contributed by atoms with Crippen molar-refractivity contribution in [3.8, 4) is 0 Å². The molecule has 0 bridgehead atoms. The van der Waals surface area contributed by atoms with E-state index in [0.29, 0.717) is 6.04 Å². The molecule has 1 atom stereocenters. The SMILES string of the molecule is Cc1ccc2c(c1)C(c1ccccc1)=NC(CN1CCN(C)CC1)C2. The highest BCUT2D eigenvalue weighted by atomic mass is 15.2. The van der Waals surface area contributed by atoms with Crippen molar-refractivity contribution in [2.24, 2.45) is 4.99 Å². The van der Waals surface area contributed by atoms with Gasteiger partial charge in [0.1, 0.15) is 0 Å². The minimum Gasteiger partial charge on any atom is -0.304 e. The summed E-state index contributed by atoms with van der Waals surface area (Å²) in [5, 5.41) is 0. The molecule has 0 saturated carbocycles. The summed E-state index contributed by atoms with van der Waals surface area (Å²) in [6.07, 6.45) is 1.05. The Balaban J connectivity index is 1.63. The van der Waals surface area contributed by atoms with Gasteiger partial charge < -0.3 is 4.90 Å². The highest BCUT2D eigenvalue weighted by molar-refractivity contribution is 6.14. The lowest BCUT2D eigenvalue weighted by molar-refractivity contribution is 0.147. The predicted molar refractivity (Wildman–Crippen MR) is 105 cm³/mol. The fraction of sp³-hybridized carbons (Fsp3) is 0.409. The van der Waals surface area contributed by atoms with Crippen LogP contribution in [0.15, 0.2) is 53.5 Å². The van der Waals surface area contributed by atoms with Crippen LogP contribution >= 0.6 is 0 Å². The Morgan fingerprint density at radius 3 is 2.52 bits per heavy atom. The number of hydrogen-bond acceptors (Lipinski definition) is 3. The van der Waals surface area contributed by atoms with Crippen molar-refractivity contribution < 1.29 is 0 Å². The fourth-order valence-corrected chi connectivity index (χ4v) is 3.90. The maximum Gasteiger partial charge on any atom is 0.0725 e. The largest absolute Gasteiger partial charge is 0.304 e. The average molecular weight is 333 g/mol. The van der Waals surface area contributed by atoms with E-state index >= 15 is 0 Å². The normalized spacial score (nSPS) is 21.7. The minimum absolute atomic E-state index is 0.355. The Kier molecular flexibility index (Phi) is 4.69. The third-order valence-electron chi connectivity index (χ3n) is 5.40. The topological polar surface area (TPSA) is 18.8 Å². The van der Waals surface area contributed by atoms with Gasteiger partial charge >= 0.3 is 0 Å². The molecule has 0 spiro atoms. The molecule has 0 amide bonds. The number of likely N-dealkylation sites (N-methyl/N-ethyl adjacent to an activating group) is 1. The molecule has 1 fully saturated rings. The Bertz CT molecular complexity index is 758. The van der Waals surface area contributed by atoms with Gasteiger partial charge in [-0.05, 0) is 32.0 Å². The van der Waals surface area contributed by atoms with Crippen molar-refractivity contribution >= 4 is 5.71 Å². The zero-order valence-corrected chi connectivity index (χ0v) is 15.3. The van der Waals surface area contributed by atoms with Gasteiger partial charge in [-0.3, -0.25) is 9.89 Å².